The van der Waals surface area contributed by atoms with Gasteiger partial charge in [-0.2, -0.15) is 5.10 Å². The lowest BCUT2D eigenvalue weighted by Gasteiger charge is -2.29. The van der Waals surface area contributed by atoms with Crippen LogP contribution in [-0.2, 0) is 9.53 Å². The maximum absolute atomic E-state index is 12.6. The highest BCUT2D eigenvalue weighted by atomic mass is 16.6. The first kappa shape index (κ1) is 19.3. The molecular formula is C25H24N4O2. The standard InChI is InChI=1S/C25H24N4O2/c1-18-21(17-22-25(30)31-23(26-22)19-11-5-2-6-12-19)24(28-15-9-4-10-16-28)29(27-18)20-13-7-3-8-14-20/h2-3,5-8,11-14,17H,4,9-10,15-16H2,1H3/b22-17-. The second-order valence-electron chi connectivity index (χ2n) is 7.82. The van der Waals surface area contributed by atoms with E-state index in [0.29, 0.717) is 11.6 Å². The monoisotopic (exact) mass is 412 g/mol. The van der Waals surface area contributed by atoms with Gasteiger partial charge in [0.25, 0.3) is 0 Å². The Morgan fingerprint density at radius 2 is 1.61 bits per heavy atom. The minimum atomic E-state index is -0.435. The van der Waals surface area contributed by atoms with Crippen molar-refractivity contribution in [2.75, 3.05) is 18.0 Å². The summed E-state index contributed by atoms with van der Waals surface area (Å²) >= 11 is 0. The van der Waals surface area contributed by atoms with Crippen LogP contribution >= 0.6 is 0 Å². The molecule has 2 aromatic carbocycles. The van der Waals surface area contributed by atoms with Crippen LogP contribution in [0.15, 0.2) is 71.4 Å². The van der Waals surface area contributed by atoms with Crippen LogP contribution in [0.3, 0.4) is 0 Å². The van der Waals surface area contributed by atoms with E-state index in [4.69, 9.17) is 9.84 Å². The lowest BCUT2D eigenvalue weighted by Crippen LogP contribution is -2.31. The molecule has 0 amide bonds. The van der Waals surface area contributed by atoms with Gasteiger partial charge in [-0.3, -0.25) is 0 Å². The molecule has 0 saturated carbocycles. The van der Waals surface area contributed by atoms with Gasteiger partial charge in [-0.15, -0.1) is 0 Å². The van der Waals surface area contributed by atoms with Crippen molar-refractivity contribution in [3.8, 4) is 5.69 Å². The second kappa shape index (κ2) is 8.22. The van der Waals surface area contributed by atoms with Crippen LogP contribution in [0.4, 0.5) is 5.82 Å². The van der Waals surface area contributed by atoms with Gasteiger partial charge in [-0.25, -0.2) is 14.5 Å². The molecule has 31 heavy (non-hydrogen) atoms. The first-order valence-corrected chi connectivity index (χ1v) is 10.7. The number of aliphatic imine (C=N–C) groups is 1. The Morgan fingerprint density at radius 1 is 0.935 bits per heavy atom. The summed E-state index contributed by atoms with van der Waals surface area (Å²) in [5.74, 6) is 0.909. The first-order valence-electron chi connectivity index (χ1n) is 10.7. The molecule has 3 heterocycles. The molecule has 2 aliphatic rings. The molecule has 1 saturated heterocycles. The number of cyclic esters (lactones) is 1. The van der Waals surface area contributed by atoms with Crippen molar-refractivity contribution in [1.29, 1.82) is 0 Å². The van der Waals surface area contributed by atoms with Gasteiger partial charge in [0.1, 0.15) is 5.82 Å². The fourth-order valence-corrected chi connectivity index (χ4v) is 4.11. The number of ether oxygens (including phenoxy) is 1. The molecule has 0 atom stereocenters. The Labute approximate surface area is 181 Å². The molecule has 6 heteroatoms. The molecule has 0 bridgehead atoms. The lowest BCUT2D eigenvalue weighted by molar-refractivity contribution is -0.129. The molecule has 1 aromatic heterocycles. The maximum atomic E-state index is 12.6. The number of aromatic nitrogens is 2. The van der Waals surface area contributed by atoms with E-state index in [9.17, 15) is 4.79 Å². The van der Waals surface area contributed by atoms with Crippen LogP contribution in [0, 0.1) is 6.92 Å². The summed E-state index contributed by atoms with van der Waals surface area (Å²) < 4.78 is 7.43. The van der Waals surface area contributed by atoms with Crippen LogP contribution in [0.5, 0.6) is 0 Å². The van der Waals surface area contributed by atoms with E-state index >= 15 is 0 Å². The summed E-state index contributed by atoms with van der Waals surface area (Å²) in [5.41, 5.74) is 3.85. The molecule has 5 rings (SSSR count). The molecule has 156 valence electrons. The van der Waals surface area contributed by atoms with E-state index in [1.165, 1.54) is 6.42 Å². The summed E-state index contributed by atoms with van der Waals surface area (Å²) in [6, 6.07) is 19.6. The number of benzene rings is 2. The van der Waals surface area contributed by atoms with Gasteiger partial charge in [0.15, 0.2) is 5.70 Å². The van der Waals surface area contributed by atoms with Crippen LogP contribution in [0.25, 0.3) is 11.8 Å². The Bertz CT molecular complexity index is 1160. The van der Waals surface area contributed by atoms with Crippen LogP contribution in [0.1, 0.15) is 36.1 Å². The fraction of sp³-hybridized carbons (Fsp3) is 0.240. The summed E-state index contributed by atoms with van der Waals surface area (Å²) in [4.78, 5) is 19.5. The van der Waals surface area contributed by atoms with Crippen LogP contribution in [0.2, 0.25) is 0 Å². The Kier molecular flexibility index (Phi) is 5.12. The normalized spacial score (nSPS) is 17.7. The fourth-order valence-electron chi connectivity index (χ4n) is 4.11. The average molecular weight is 412 g/mol. The molecule has 6 nitrogen and oxygen atoms in total. The smallest absolute Gasteiger partial charge is 0.363 e. The van der Waals surface area contributed by atoms with E-state index in [0.717, 1.165) is 54.3 Å². The second-order valence-corrected chi connectivity index (χ2v) is 7.82. The van der Waals surface area contributed by atoms with E-state index in [1.807, 2.05) is 78.3 Å². The number of aryl methyl sites for hydroxylation is 1. The molecule has 0 N–H and O–H groups in total. The molecular weight excluding hydrogens is 388 g/mol. The highest BCUT2D eigenvalue weighted by Crippen LogP contribution is 2.32. The molecule has 2 aliphatic heterocycles. The number of para-hydroxylation sites is 1. The van der Waals surface area contributed by atoms with Crippen molar-refractivity contribution in [2.45, 2.75) is 26.2 Å². The van der Waals surface area contributed by atoms with Gasteiger partial charge in [0, 0.05) is 24.2 Å². The van der Waals surface area contributed by atoms with Crippen LogP contribution < -0.4 is 4.90 Å². The van der Waals surface area contributed by atoms with E-state index in [1.54, 1.807) is 0 Å². The highest BCUT2D eigenvalue weighted by Gasteiger charge is 2.27. The van der Waals surface area contributed by atoms with E-state index < -0.39 is 5.97 Å². The van der Waals surface area contributed by atoms with Crippen molar-refractivity contribution in [2.24, 2.45) is 4.99 Å². The first-order chi connectivity index (χ1) is 15.2. The number of rotatable bonds is 4. The quantitative estimate of drug-likeness (QED) is 0.467. The topological polar surface area (TPSA) is 59.7 Å². The van der Waals surface area contributed by atoms with Gasteiger partial charge < -0.3 is 9.64 Å². The third-order valence-corrected chi connectivity index (χ3v) is 5.66. The van der Waals surface area contributed by atoms with Crippen LogP contribution in [-0.4, -0.2) is 34.7 Å². The SMILES string of the molecule is Cc1nn(-c2ccccc2)c(N2CCCCC2)c1/C=C1\N=C(c2ccccc2)OC1=O. The number of carbonyl (C=O) groups is 1. The Hall–Kier alpha value is -3.67. The van der Waals surface area contributed by atoms with Gasteiger partial charge in [0.05, 0.1) is 11.4 Å². The lowest BCUT2D eigenvalue weighted by atomic mass is 10.1. The van der Waals surface area contributed by atoms with Crippen molar-refractivity contribution < 1.29 is 9.53 Å². The number of piperidine rings is 1. The Morgan fingerprint density at radius 3 is 2.32 bits per heavy atom. The predicted octanol–water partition coefficient (Wildman–Crippen LogP) is 4.52. The average Bonchev–Trinajstić information content (AvgIpc) is 3.35. The van der Waals surface area contributed by atoms with Crippen molar-refractivity contribution in [1.82, 2.24) is 9.78 Å². The minimum Gasteiger partial charge on any atom is -0.402 e. The summed E-state index contributed by atoms with van der Waals surface area (Å²) in [6.45, 7) is 3.91. The third kappa shape index (κ3) is 3.77. The van der Waals surface area contributed by atoms with Crippen molar-refractivity contribution >= 4 is 23.8 Å². The van der Waals surface area contributed by atoms with Crippen molar-refractivity contribution in [3.63, 3.8) is 0 Å². The van der Waals surface area contributed by atoms with Gasteiger partial charge >= 0.3 is 5.97 Å². The third-order valence-electron chi connectivity index (χ3n) is 5.66. The summed E-state index contributed by atoms with van der Waals surface area (Å²) in [6.07, 6.45) is 5.35. The maximum Gasteiger partial charge on any atom is 0.363 e. The summed E-state index contributed by atoms with van der Waals surface area (Å²) in [7, 11) is 0. The van der Waals surface area contributed by atoms with E-state index in [2.05, 4.69) is 9.89 Å². The zero-order chi connectivity index (χ0) is 21.2. The zero-order valence-electron chi connectivity index (χ0n) is 17.5. The van der Waals surface area contributed by atoms with Gasteiger partial charge in [0.2, 0.25) is 5.90 Å². The molecule has 0 radical (unpaired) electrons. The predicted molar refractivity (Wildman–Crippen MR) is 121 cm³/mol. The number of hydrogen-bond donors (Lipinski definition) is 0. The number of hydrogen-bond acceptors (Lipinski definition) is 5. The number of carbonyl (C=O) groups excluding carboxylic acids is 1. The van der Waals surface area contributed by atoms with Crippen molar-refractivity contribution in [3.05, 3.63) is 83.2 Å². The highest BCUT2D eigenvalue weighted by molar-refractivity contribution is 6.13. The molecule has 1 fully saturated rings. The number of anilines is 1. The number of esters is 1. The molecule has 3 aromatic rings. The molecule has 0 unspecified atom stereocenters. The minimum absolute atomic E-state index is 0.299. The largest absolute Gasteiger partial charge is 0.402 e. The van der Waals surface area contributed by atoms with Gasteiger partial charge in [-0.05, 0) is 56.5 Å². The molecule has 0 aliphatic carbocycles. The van der Waals surface area contributed by atoms with E-state index in [-0.39, 0.29) is 0 Å². The van der Waals surface area contributed by atoms with Gasteiger partial charge in [-0.1, -0.05) is 36.4 Å². The summed E-state index contributed by atoms with van der Waals surface area (Å²) in [5, 5.41) is 4.83. The Balaban J connectivity index is 1.61. The zero-order valence-corrected chi connectivity index (χ0v) is 17.5. The number of nitrogens with zero attached hydrogens (tertiary/aromatic N) is 4. The molecule has 0 spiro atoms.